The lowest BCUT2D eigenvalue weighted by molar-refractivity contribution is 0.401. The highest BCUT2D eigenvalue weighted by molar-refractivity contribution is 5.90. The van der Waals surface area contributed by atoms with Gasteiger partial charge in [0.1, 0.15) is 0 Å². The third-order valence-electron chi connectivity index (χ3n) is 3.70. The highest BCUT2D eigenvalue weighted by Gasteiger charge is 2.23. The standard InChI is InChI=1S/C15H17F2NO/c1-5-15(2,3)11-8-18-14(19-4)10-7-13(17)12(16)6-9(10)11/h6-8H,5H2,1-4H3. The molecule has 0 bridgehead atoms. The normalized spacial score (nSPS) is 11.9. The Bertz CT molecular complexity index is 623. The Labute approximate surface area is 111 Å². The lowest BCUT2D eigenvalue weighted by Crippen LogP contribution is -2.16. The van der Waals surface area contributed by atoms with Crippen molar-refractivity contribution in [3.63, 3.8) is 0 Å². The van der Waals surface area contributed by atoms with Crippen LogP contribution in [-0.2, 0) is 5.41 Å². The Morgan fingerprint density at radius 3 is 2.26 bits per heavy atom. The molecule has 4 heteroatoms. The average molecular weight is 265 g/mol. The van der Waals surface area contributed by atoms with Crippen LogP contribution in [-0.4, -0.2) is 12.1 Å². The third-order valence-corrected chi connectivity index (χ3v) is 3.70. The summed E-state index contributed by atoms with van der Waals surface area (Å²) >= 11 is 0. The van der Waals surface area contributed by atoms with Gasteiger partial charge in [-0.25, -0.2) is 13.8 Å². The van der Waals surface area contributed by atoms with Crippen molar-refractivity contribution in [2.75, 3.05) is 7.11 Å². The number of hydrogen-bond donors (Lipinski definition) is 0. The van der Waals surface area contributed by atoms with E-state index in [0.29, 0.717) is 16.7 Å². The van der Waals surface area contributed by atoms with Gasteiger partial charge in [0.15, 0.2) is 11.6 Å². The second-order valence-electron chi connectivity index (χ2n) is 5.23. The molecular formula is C15H17F2NO. The fraction of sp³-hybridized carbons (Fsp3) is 0.400. The van der Waals surface area contributed by atoms with Crippen LogP contribution in [0.4, 0.5) is 8.78 Å². The summed E-state index contributed by atoms with van der Waals surface area (Å²) in [5, 5.41) is 1.15. The molecule has 1 aromatic heterocycles. The van der Waals surface area contributed by atoms with Crippen molar-refractivity contribution in [2.24, 2.45) is 0 Å². The van der Waals surface area contributed by atoms with Crippen LogP contribution < -0.4 is 4.74 Å². The van der Waals surface area contributed by atoms with Gasteiger partial charge in [-0.2, -0.15) is 0 Å². The number of halogens is 2. The van der Waals surface area contributed by atoms with Crippen LogP contribution in [0.25, 0.3) is 10.8 Å². The summed E-state index contributed by atoms with van der Waals surface area (Å²) in [5.74, 6) is -1.43. The molecule has 0 saturated heterocycles. The maximum absolute atomic E-state index is 13.5. The van der Waals surface area contributed by atoms with Gasteiger partial charge in [-0.15, -0.1) is 0 Å². The van der Waals surface area contributed by atoms with E-state index in [2.05, 4.69) is 25.8 Å². The van der Waals surface area contributed by atoms with Crippen molar-refractivity contribution in [1.82, 2.24) is 4.98 Å². The molecular weight excluding hydrogens is 248 g/mol. The summed E-state index contributed by atoms with van der Waals surface area (Å²) in [7, 11) is 1.47. The molecule has 0 spiro atoms. The van der Waals surface area contributed by atoms with Gasteiger partial charge in [0.2, 0.25) is 5.88 Å². The van der Waals surface area contributed by atoms with Gasteiger partial charge in [-0.05, 0) is 34.9 Å². The van der Waals surface area contributed by atoms with Gasteiger partial charge in [0, 0.05) is 11.6 Å². The van der Waals surface area contributed by atoms with Gasteiger partial charge in [-0.3, -0.25) is 0 Å². The van der Waals surface area contributed by atoms with Crippen LogP contribution in [0.1, 0.15) is 32.8 Å². The molecule has 0 aliphatic carbocycles. The zero-order valence-electron chi connectivity index (χ0n) is 11.6. The summed E-state index contributed by atoms with van der Waals surface area (Å²) < 4.78 is 32.1. The quantitative estimate of drug-likeness (QED) is 0.829. The van der Waals surface area contributed by atoms with E-state index in [1.807, 2.05) is 0 Å². The zero-order valence-corrected chi connectivity index (χ0v) is 11.6. The van der Waals surface area contributed by atoms with Gasteiger partial charge in [0.05, 0.1) is 7.11 Å². The van der Waals surface area contributed by atoms with Crippen LogP contribution >= 0.6 is 0 Å². The second-order valence-corrected chi connectivity index (χ2v) is 5.23. The SMILES string of the molecule is CCC(C)(C)c1cnc(OC)c2cc(F)c(F)cc12. The van der Waals surface area contributed by atoms with E-state index in [-0.39, 0.29) is 5.41 Å². The molecule has 0 saturated carbocycles. The Kier molecular flexibility index (Phi) is 3.43. The minimum Gasteiger partial charge on any atom is -0.481 e. The molecule has 0 aliphatic heterocycles. The smallest absolute Gasteiger partial charge is 0.221 e. The molecule has 2 aromatic rings. The maximum Gasteiger partial charge on any atom is 0.221 e. The predicted molar refractivity (Wildman–Crippen MR) is 71.5 cm³/mol. The fourth-order valence-corrected chi connectivity index (χ4v) is 2.10. The fourth-order valence-electron chi connectivity index (χ4n) is 2.10. The Balaban J connectivity index is 2.85. The van der Waals surface area contributed by atoms with E-state index in [1.54, 1.807) is 6.20 Å². The van der Waals surface area contributed by atoms with E-state index >= 15 is 0 Å². The number of fused-ring (bicyclic) bond motifs is 1. The summed E-state index contributed by atoms with van der Waals surface area (Å²) in [6, 6.07) is 2.37. The zero-order chi connectivity index (χ0) is 14.2. The van der Waals surface area contributed by atoms with Crippen molar-refractivity contribution < 1.29 is 13.5 Å². The monoisotopic (exact) mass is 265 g/mol. The summed E-state index contributed by atoms with van der Waals surface area (Å²) in [6.45, 7) is 6.16. The largest absolute Gasteiger partial charge is 0.481 e. The lowest BCUT2D eigenvalue weighted by atomic mass is 9.81. The van der Waals surface area contributed by atoms with Crippen molar-refractivity contribution >= 4 is 10.8 Å². The Morgan fingerprint density at radius 1 is 1.16 bits per heavy atom. The first-order valence-electron chi connectivity index (χ1n) is 6.23. The molecule has 0 N–H and O–H groups in total. The maximum atomic E-state index is 13.5. The first-order valence-corrected chi connectivity index (χ1v) is 6.23. The van der Waals surface area contributed by atoms with Crippen LogP contribution in [0.2, 0.25) is 0 Å². The summed E-state index contributed by atoms with van der Waals surface area (Å²) in [6.07, 6.45) is 2.55. The van der Waals surface area contributed by atoms with Gasteiger partial charge in [0.25, 0.3) is 0 Å². The Morgan fingerprint density at radius 2 is 1.74 bits per heavy atom. The predicted octanol–water partition coefficient (Wildman–Crippen LogP) is 4.21. The average Bonchev–Trinajstić information content (AvgIpc) is 2.39. The number of hydrogen-bond acceptors (Lipinski definition) is 2. The molecule has 0 unspecified atom stereocenters. The van der Waals surface area contributed by atoms with E-state index in [1.165, 1.54) is 13.2 Å². The van der Waals surface area contributed by atoms with Crippen LogP contribution in [0.3, 0.4) is 0 Å². The van der Waals surface area contributed by atoms with E-state index < -0.39 is 11.6 Å². The Hall–Kier alpha value is -1.71. The van der Waals surface area contributed by atoms with Crippen molar-refractivity contribution in [3.8, 4) is 5.88 Å². The van der Waals surface area contributed by atoms with Gasteiger partial charge >= 0.3 is 0 Å². The number of aromatic nitrogens is 1. The lowest BCUT2D eigenvalue weighted by Gasteiger charge is -2.25. The molecule has 0 amide bonds. The van der Waals surface area contributed by atoms with Crippen molar-refractivity contribution in [3.05, 3.63) is 35.5 Å². The van der Waals surface area contributed by atoms with Crippen molar-refractivity contribution in [2.45, 2.75) is 32.6 Å². The van der Waals surface area contributed by atoms with Crippen LogP contribution in [0.15, 0.2) is 18.3 Å². The highest BCUT2D eigenvalue weighted by Crippen LogP contribution is 2.36. The molecule has 0 atom stereocenters. The molecule has 2 rings (SSSR count). The first kappa shape index (κ1) is 13.7. The highest BCUT2D eigenvalue weighted by atomic mass is 19.2. The first-order chi connectivity index (χ1) is 8.90. The molecule has 19 heavy (non-hydrogen) atoms. The number of nitrogens with zero attached hydrogens (tertiary/aromatic N) is 1. The summed E-state index contributed by atoms with van der Waals surface area (Å²) in [4.78, 5) is 4.20. The van der Waals surface area contributed by atoms with E-state index in [9.17, 15) is 8.78 Å². The molecule has 2 nitrogen and oxygen atoms in total. The molecule has 0 fully saturated rings. The number of rotatable bonds is 3. The topological polar surface area (TPSA) is 22.1 Å². The van der Waals surface area contributed by atoms with Crippen molar-refractivity contribution in [1.29, 1.82) is 0 Å². The van der Waals surface area contributed by atoms with Crippen LogP contribution in [0.5, 0.6) is 5.88 Å². The molecule has 0 aliphatic rings. The van der Waals surface area contributed by atoms with Gasteiger partial charge in [-0.1, -0.05) is 20.8 Å². The number of benzene rings is 1. The summed E-state index contributed by atoms with van der Waals surface area (Å²) in [5.41, 5.74) is 0.728. The number of ether oxygens (including phenoxy) is 1. The number of methoxy groups -OCH3 is 1. The van der Waals surface area contributed by atoms with Gasteiger partial charge < -0.3 is 4.74 Å². The molecule has 102 valence electrons. The minimum absolute atomic E-state index is 0.165. The van der Waals surface area contributed by atoms with E-state index in [0.717, 1.165) is 18.1 Å². The number of pyridine rings is 1. The molecule has 1 aromatic carbocycles. The van der Waals surface area contributed by atoms with E-state index in [4.69, 9.17) is 4.74 Å². The second kappa shape index (κ2) is 4.76. The van der Waals surface area contributed by atoms with Crippen LogP contribution in [0, 0.1) is 11.6 Å². The molecule has 0 radical (unpaired) electrons. The third kappa shape index (κ3) is 2.27. The molecule has 1 heterocycles. The minimum atomic E-state index is -0.890.